The van der Waals surface area contributed by atoms with Crippen LogP contribution < -0.4 is 10.1 Å². The van der Waals surface area contributed by atoms with Crippen LogP contribution in [0.5, 0.6) is 5.75 Å². The summed E-state index contributed by atoms with van der Waals surface area (Å²) in [5.74, 6) is 0.302. The molecule has 1 N–H and O–H groups in total. The van der Waals surface area contributed by atoms with Crippen LogP contribution in [0.4, 0.5) is 10.1 Å². The molecule has 2 aromatic rings. The number of hydrogen-bond donors (Lipinski definition) is 1. The lowest BCUT2D eigenvalue weighted by Gasteiger charge is -2.12. The molecule has 0 unspecified atom stereocenters. The third-order valence-electron chi connectivity index (χ3n) is 2.66. The maximum atomic E-state index is 13.7. The molecule has 2 rings (SSSR count). The predicted octanol–water partition coefficient (Wildman–Crippen LogP) is 4.86. The van der Waals surface area contributed by atoms with E-state index in [2.05, 4.69) is 21.2 Å². The highest BCUT2D eigenvalue weighted by Gasteiger charge is 2.08. The molecule has 0 aliphatic carbocycles. The van der Waals surface area contributed by atoms with Crippen molar-refractivity contribution in [1.82, 2.24) is 0 Å². The fourth-order valence-corrected chi connectivity index (χ4v) is 2.30. The number of halogens is 3. The summed E-state index contributed by atoms with van der Waals surface area (Å²) < 4.78 is 19.9. The summed E-state index contributed by atoms with van der Waals surface area (Å²) in [7, 11) is 1.60. The SMILES string of the molecule is COc1ccc(Br)cc1CNc1cccc(Cl)c1F. The van der Waals surface area contributed by atoms with E-state index in [1.165, 1.54) is 6.07 Å². The Morgan fingerprint density at radius 2 is 2.11 bits per heavy atom. The fraction of sp³-hybridized carbons (Fsp3) is 0.143. The number of anilines is 1. The normalized spacial score (nSPS) is 10.3. The number of nitrogens with one attached hydrogen (secondary N) is 1. The van der Waals surface area contributed by atoms with Crippen molar-refractivity contribution >= 4 is 33.2 Å². The molecule has 19 heavy (non-hydrogen) atoms. The van der Waals surface area contributed by atoms with E-state index < -0.39 is 5.82 Å². The van der Waals surface area contributed by atoms with Crippen molar-refractivity contribution in [3.8, 4) is 5.75 Å². The highest BCUT2D eigenvalue weighted by Crippen LogP contribution is 2.26. The molecule has 0 saturated carbocycles. The first-order valence-electron chi connectivity index (χ1n) is 5.62. The molecular weight excluding hydrogens is 333 g/mol. The highest BCUT2D eigenvalue weighted by molar-refractivity contribution is 9.10. The molecule has 100 valence electrons. The van der Waals surface area contributed by atoms with Gasteiger partial charge in [-0.25, -0.2) is 4.39 Å². The lowest BCUT2D eigenvalue weighted by Crippen LogP contribution is -2.03. The third-order valence-corrected chi connectivity index (χ3v) is 3.45. The van der Waals surface area contributed by atoms with Crippen LogP contribution in [-0.4, -0.2) is 7.11 Å². The molecule has 0 aromatic heterocycles. The van der Waals surface area contributed by atoms with Crippen LogP contribution in [0.2, 0.25) is 5.02 Å². The van der Waals surface area contributed by atoms with Crippen molar-refractivity contribution in [3.05, 3.63) is 57.3 Å². The number of hydrogen-bond acceptors (Lipinski definition) is 2. The summed E-state index contributed by atoms with van der Waals surface area (Å²) in [6.45, 7) is 0.444. The summed E-state index contributed by atoms with van der Waals surface area (Å²) in [4.78, 5) is 0. The Bertz CT molecular complexity index is 592. The van der Waals surface area contributed by atoms with Crippen molar-refractivity contribution in [3.63, 3.8) is 0 Å². The van der Waals surface area contributed by atoms with Gasteiger partial charge in [0.25, 0.3) is 0 Å². The summed E-state index contributed by atoms with van der Waals surface area (Å²) in [5.41, 5.74) is 1.30. The molecule has 2 aromatic carbocycles. The number of methoxy groups -OCH3 is 1. The van der Waals surface area contributed by atoms with E-state index in [0.29, 0.717) is 12.2 Å². The van der Waals surface area contributed by atoms with Gasteiger partial charge in [-0.15, -0.1) is 0 Å². The fourth-order valence-electron chi connectivity index (χ4n) is 1.72. The Hall–Kier alpha value is -1.26. The summed E-state index contributed by atoms with van der Waals surface area (Å²) in [5, 5.41) is 3.11. The van der Waals surface area contributed by atoms with Gasteiger partial charge in [-0.05, 0) is 30.3 Å². The third kappa shape index (κ3) is 3.39. The van der Waals surface area contributed by atoms with Crippen molar-refractivity contribution in [1.29, 1.82) is 0 Å². The minimum atomic E-state index is -0.446. The molecule has 0 spiro atoms. The van der Waals surface area contributed by atoms with Crippen LogP contribution in [0.1, 0.15) is 5.56 Å². The second-order valence-corrected chi connectivity index (χ2v) is 5.23. The molecule has 0 radical (unpaired) electrons. The van der Waals surface area contributed by atoms with Gasteiger partial charge >= 0.3 is 0 Å². The zero-order chi connectivity index (χ0) is 13.8. The lowest BCUT2D eigenvalue weighted by molar-refractivity contribution is 0.410. The zero-order valence-electron chi connectivity index (χ0n) is 10.2. The second-order valence-electron chi connectivity index (χ2n) is 3.91. The van der Waals surface area contributed by atoms with E-state index in [-0.39, 0.29) is 5.02 Å². The molecule has 0 atom stereocenters. The smallest absolute Gasteiger partial charge is 0.164 e. The van der Waals surface area contributed by atoms with Crippen molar-refractivity contribution in [2.24, 2.45) is 0 Å². The zero-order valence-corrected chi connectivity index (χ0v) is 12.6. The van der Waals surface area contributed by atoms with Crippen LogP contribution in [0, 0.1) is 5.82 Å². The quantitative estimate of drug-likeness (QED) is 0.855. The molecule has 0 aliphatic rings. The molecule has 5 heteroatoms. The van der Waals surface area contributed by atoms with Gasteiger partial charge in [0.05, 0.1) is 17.8 Å². The number of ether oxygens (including phenoxy) is 1. The van der Waals surface area contributed by atoms with E-state index in [1.54, 1.807) is 19.2 Å². The Kier molecular flexibility index (Phi) is 4.66. The van der Waals surface area contributed by atoms with Crippen LogP contribution in [-0.2, 0) is 6.54 Å². The van der Waals surface area contributed by atoms with Crippen LogP contribution in [0.3, 0.4) is 0 Å². The average molecular weight is 345 g/mol. The standard InChI is InChI=1S/C14H12BrClFNO/c1-19-13-6-5-10(15)7-9(13)8-18-12-4-2-3-11(16)14(12)17/h2-7,18H,8H2,1H3. The van der Waals surface area contributed by atoms with Crippen molar-refractivity contribution in [2.45, 2.75) is 6.54 Å². The monoisotopic (exact) mass is 343 g/mol. The van der Waals surface area contributed by atoms with Gasteiger partial charge in [0.2, 0.25) is 0 Å². The van der Waals surface area contributed by atoms with E-state index in [4.69, 9.17) is 16.3 Å². The maximum absolute atomic E-state index is 13.7. The minimum absolute atomic E-state index is 0.103. The first kappa shape index (κ1) is 14.2. The van der Waals surface area contributed by atoms with Gasteiger partial charge in [0.15, 0.2) is 5.82 Å². The average Bonchev–Trinajstić information content (AvgIpc) is 2.40. The second kappa shape index (κ2) is 6.26. The summed E-state index contributed by atoms with van der Waals surface area (Å²) in [6, 6.07) is 10.5. The van der Waals surface area contributed by atoms with Gasteiger partial charge < -0.3 is 10.1 Å². The molecule has 0 amide bonds. The van der Waals surface area contributed by atoms with Gasteiger partial charge in [-0.3, -0.25) is 0 Å². The van der Waals surface area contributed by atoms with E-state index >= 15 is 0 Å². The van der Waals surface area contributed by atoms with Crippen LogP contribution in [0.25, 0.3) is 0 Å². The topological polar surface area (TPSA) is 21.3 Å². The Balaban J connectivity index is 2.18. The molecule has 0 bridgehead atoms. The van der Waals surface area contributed by atoms with E-state index in [1.807, 2.05) is 18.2 Å². The number of rotatable bonds is 4. The van der Waals surface area contributed by atoms with Gasteiger partial charge in [0, 0.05) is 16.6 Å². The molecule has 0 heterocycles. The van der Waals surface area contributed by atoms with E-state index in [9.17, 15) is 4.39 Å². The predicted molar refractivity (Wildman–Crippen MR) is 79.4 cm³/mol. The summed E-state index contributed by atoms with van der Waals surface area (Å²) >= 11 is 9.13. The molecule has 2 nitrogen and oxygen atoms in total. The highest BCUT2D eigenvalue weighted by atomic mass is 79.9. The van der Waals surface area contributed by atoms with Crippen molar-refractivity contribution < 1.29 is 9.13 Å². The lowest BCUT2D eigenvalue weighted by atomic mass is 10.2. The van der Waals surface area contributed by atoms with E-state index in [0.717, 1.165) is 15.8 Å². The van der Waals surface area contributed by atoms with Crippen LogP contribution in [0.15, 0.2) is 40.9 Å². The largest absolute Gasteiger partial charge is 0.496 e. The molecule has 0 fully saturated rings. The molecule has 0 aliphatic heterocycles. The Labute approximate surface area is 124 Å². The minimum Gasteiger partial charge on any atom is -0.496 e. The summed E-state index contributed by atoms with van der Waals surface area (Å²) in [6.07, 6.45) is 0. The molecular formula is C14H12BrClFNO. The Morgan fingerprint density at radius 1 is 1.32 bits per heavy atom. The first-order chi connectivity index (χ1) is 9.11. The first-order valence-corrected chi connectivity index (χ1v) is 6.79. The van der Waals surface area contributed by atoms with Gasteiger partial charge in [-0.1, -0.05) is 33.6 Å². The number of benzene rings is 2. The van der Waals surface area contributed by atoms with Crippen LogP contribution >= 0.6 is 27.5 Å². The molecule has 0 saturated heterocycles. The van der Waals surface area contributed by atoms with Gasteiger partial charge in [-0.2, -0.15) is 0 Å². The van der Waals surface area contributed by atoms with Crippen molar-refractivity contribution in [2.75, 3.05) is 12.4 Å². The van der Waals surface area contributed by atoms with Gasteiger partial charge in [0.1, 0.15) is 5.75 Å². The maximum Gasteiger partial charge on any atom is 0.164 e. The Morgan fingerprint density at radius 3 is 2.84 bits per heavy atom.